The Labute approximate surface area is 223 Å². The first-order valence-corrected chi connectivity index (χ1v) is 14.2. The minimum Gasteiger partial charge on any atom is -0.375 e. The molecular weight excluding hydrogens is 478 g/mol. The number of ether oxygens (including phenoxy) is 1. The average molecular weight is 516 g/mol. The molecule has 4 aliphatic rings. The number of nitrogens with zero attached hydrogens (tertiary/aromatic N) is 8. The maximum absolute atomic E-state index is 5.69. The largest absolute Gasteiger partial charge is 0.375 e. The number of pyridine rings is 1. The van der Waals surface area contributed by atoms with E-state index in [4.69, 9.17) is 14.7 Å². The van der Waals surface area contributed by atoms with Crippen LogP contribution >= 0.6 is 0 Å². The summed E-state index contributed by atoms with van der Waals surface area (Å²) in [6.07, 6.45) is 14.0. The van der Waals surface area contributed by atoms with Crippen molar-refractivity contribution in [2.75, 3.05) is 55.7 Å². The molecule has 1 aliphatic carbocycles. The van der Waals surface area contributed by atoms with Crippen molar-refractivity contribution < 1.29 is 4.74 Å². The number of aromatic nitrogens is 6. The van der Waals surface area contributed by atoms with Crippen molar-refractivity contribution in [1.82, 2.24) is 35.3 Å². The number of rotatable bonds is 8. The van der Waals surface area contributed by atoms with Crippen molar-refractivity contribution in [2.45, 2.75) is 50.6 Å². The van der Waals surface area contributed by atoms with Gasteiger partial charge in [-0.15, -0.1) is 5.10 Å². The predicted octanol–water partition coefficient (Wildman–Crippen LogP) is 2.72. The van der Waals surface area contributed by atoms with Crippen LogP contribution in [0, 0.1) is 11.8 Å². The molecule has 200 valence electrons. The van der Waals surface area contributed by atoms with Crippen molar-refractivity contribution in [1.29, 1.82) is 0 Å². The van der Waals surface area contributed by atoms with Gasteiger partial charge in [-0.25, -0.2) is 9.67 Å². The highest BCUT2D eigenvalue weighted by atomic mass is 16.5. The van der Waals surface area contributed by atoms with E-state index in [1.54, 1.807) is 6.20 Å². The molecule has 3 saturated heterocycles. The number of anilines is 2. The highest BCUT2D eigenvalue weighted by Gasteiger charge is 2.45. The Kier molecular flexibility index (Phi) is 6.24. The second-order valence-electron chi connectivity index (χ2n) is 11.7. The zero-order chi connectivity index (χ0) is 25.5. The van der Waals surface area contributed by atoms with Gasteiger partial charge in [0.2, 0.25) is 0 Å². The summed E-state index contributed by atoms with van der Waals surface area (Å²) < 4.78 is 7.59. The van der Waals surface area contributed by atoms with E-state index in [0.717, 1.165) is 49.3 Å². The highest BCUT2D eigenvalue weighted by molar-refractivity contribution is 5.55. The zero-order valence-corrected chi connectivity index (χ0v) is 22.2. The van der Waals surface area contributed by atoms with Gasteiger partial charge in [-0.2, -0.15) is 0 Å². The topological polar surface area (TPSA) is 97.1 Å². The molecule has 1 N–H and O–H groups in total. The Morgan fingerprint density at radius 3 is 2.66 bits per heavy atom. The van der Waals surface area contributed by atoms with Crippen LogP contribution in [0.1, 0.15) is 44.7 Å². The van der Waals surface area contributed by atoms with E-state index in [0.29, 0.717) is 30.9 Å². The summed E-state index contributed by atoms with van der Waals surface area (Å²) in [5, 5.41) is 12.8. The third-order valence-corrected chi connectivity index (χ3v) is 8.65. The number of hydrogen-bond acceptors (Lipinski definition) is 9. The maximum atomic E-state index is 5.69. The molecule has 3 aliphatic heterocycles. The van der Waals surface area contributed by atoms with E-state index in [1.807, 2.05) is 23.3 Å². The fraction of sp³-hybridized carbons (Fsp3) is 0.607. The summed E-state index contributed by atoms with van der Waals surface area (Å²) in [4.78, 5) is 19.0. The van der Waals surface area contributed by atoms with Gasteiger partial charge in [0.05, 0.1) is 49.4 Å². The Morgan fingerprint density at radius 1 is 1.00 bits per heavy atom. The second kappa shape index (κ2) is 9.89. The minimum absolute atomic E-state index is 0.449. The van der Waals surface area contributed by atoms with Crippen LogP contribution in [-0.2, 0) is 10.3 Å². The summed E-state index contributed by atoms with van der Waals surface area (Å²) in [5.41, 5.74) is 3.14. The van der Waals surface area contributed by atoms with E-state index >= 15 is 0 Å². The first kappa shape index (κ1) is 24.0. The van der Waals surface area contributed by atoms with Crippen LogP contribution in [0.3, 0.4) is 0 Å². The third-order valence-electron chi connectivity index (χ3n) is 8.65. The van der Waals surface area contributed by atoms with Gasteiger partial charge in [-0.3, -0.25) is 9.97 Å². The van der Waals surface area contributed by atoms with Gasteiger partial charge in [-0.05, 0) is 62.6 Å². The van der Waals surface area contributed by atoms with E-state index in [2.05, 4.69) is 49.5 Å². The molecule has 38 heavy (non-hydrogen) atoms. The van der Waals surface area contributed by atoms with Crippen LogP contribution in [0.2, 0.25) is 0 Å². The van der Waals surface area contributed by atoms with Crippen molar-refractivity contribution in [3.8, 4) is 11.4 Å². The summed E-state index contributed by atoms with van der Waals surface area (Å²) in [7, 11) is 0. The summed E-state index contributed by atoms with van der Waals surface area (Å²) >= 11 is 0. The highest BCUT2D eigenvalue weighted by Crippen LogP contribution is 2.34. The number of hydrogen-bond donors (Lipinski definition) is 1. The van der Waals surface area contributed by atoms with E-state index < -0.39 is 5.54 Å². The standard InChI is InChI=1S/C28H37N9O/c1-20-8-10-36(15-20)27-14-29-13-24(32-27)25-17-37(34-33-25)28(18-38-19-28)26-7-6-23(12-31-26)35-9-2-3-22(16-35)30-11-21-4-5-21/h6-7,12-14,17,20-22,30H,2-5,8-11,15-16,18-19H2,1H3/t20-,22-/m1/s1. The molecule has 4 fully saturated rings. The minimum atomic E-state index is -0.449. The lowest BCUT2D eigenvalue weighted by atomic mass is 9.92. The first-order chi connectivity index (χ1) is 18.7. The number of nitrogens with one attached hydrogen (secondary N) is 1. The van der Waals surface area contributed by atoms with Crippen LogP contribution in [0.25, 0.3) is 11.4 Å². The summed E-state index contributed by atoms with van der Waals surface area (Å²) in [6.45, 7) is 8.66. The van der Waals surface area contributed by atoms with E-state index in [9.17, 15) is 0 Å². The lowest BCUT2D eigenvalue weighted by Gasteiger charge is -2.40. The van der Waals surface area contributed by atoms with Crippen molar-refractivity contribution >= 4 is 11.5 Å². The second-order valence-corrected chi connectivity index (χ2v) is 11.7. The summed E-state index contributed by atoms with van der Waals surface area (Å²) in [5.74, 6) is 2.50. The monoisotopic (exact) mass is 515 g/mol. The van der Waals surface area contributed by atoms with Crippen molar-refractivity contribution in [3.63, 3.8) is 0 Å². The van der Waals surface area contributed by atoms with Gasteiger partial charge in [0, 0.05) is 32.2 Å². The molecule has 3 aromatic heterocycles. The molecule has 7 rings (SSSR count). The molecule has 2 atom stereocenters. The molecule has 0 radical (unpaired) electrons. The zero-order valence-electron chi connectivity index (χ0n) is 22.2. The quantitative estimate of drug-likeness (QED) is 0.486. The molecule has 0 bridgehead atoms. The van der Waals surface area contributed by atoms with Crippen LogP contribution < -0.4 is 15.1 Å². The van der Waals surface area contributed by atoms with Gasteiger partial charge < -0.3 is 19.9 Å². The van der Waals surface area contributed by atoms with Gasteiger partial charge in [0.15, 0.2) is 5.54 Å². The number of piperidine rings is 1. The van der Waals surface area contributed by atoms with Crippen LogP contribution in [0.4, 0.5) is 11.5 Å². The summed E-state index contributed by atoms with van der Waals surface area (Å²) in [6, 6.07) is 4.91. The van der Waals surface area contributed by atoms with Gasteiger partial charge in [0.1, 0.15) is 17.2 Å². The van der Waals surface area contributed by atoms with E-state index in [-0.39, 0.29) is 0 Å². The molecule has 1 saturated carbocycles. The van der Waals surface area contributed by atoms with Crippen molar-refractivity contribution in [2.24, 2.45) is 11.8 Å². The Balaban J connectivity index is 1.07. The molecule has 10 heteroatoms. The first-order valence-electron chi connectivity index (χ1n) is 14.2. The van der Waals surface area contributed by atoms with Crippen molar-refractivity contribution in [3.05, 3.63) is 42.6 Å². The molecule has 0 amide bonds. The predicted molar refractivity (Wildman–Crippen MR) is 145 cm³/mol. The molecule has 0 spiro atoms. The fourth-order valence-electron chi connectivity index (χ4n) is 5.94. The molecule has 10 nitrogen and oxygen atoms in total. The van der Waals surface area contributed by atoms with E-state index in [1.165, 1.54) is 44.3 Å². The Bertz CT molecular complexity index is 1250. The van der Waals surface area contributed by atoms with Crippen LogP contribution in [0.5, 0.6) is 0 Å². The molecule has 0 aromatic carbocycles. The van der Waals surface area contributed by atoms with Gasteiger partial charge >= 0.3 is 0 Å². The van der Waals surface area contributed by atoms with Gasteiger partial charge in [0.25, 0.3) is 0 Å². The van der Waals surface area contributed by atoms with Gasteiger partial charge in [-0.1, -0.05) is 12.1 Å². The maximum Gasteiger partial charge on any atom is 0.152 e. The fourth-order valence-corrected chi connectivity index (χ4v) is 5.94. The average Bonchev–Trinajstić information content (AvgIpc) is 3.45. The lowest BCUT2D eigenvalue weighted by molar-refractivity contribution is -0.0851. The molecular formula is C28H37N9O. The molecule has 6 heterocycles. The van der Waals surface area contributed by atoms with Crippen LogP contribution in [-0.4, -0.2) is 81.9 Å². The van der Waals surface area contributed by atoms with Crippen LogP contribution in [0.15, 0.2) is 36.9 Å². The SMILES string of the molecule is C[C@@H]1CCN(c2cncc(-c3cn(C4(c5ccc(N6CCC[C@@H](NCC7CC7)C6)cn5)COC4)nn3)n2)C1. The Morgan fingerprint density at radius 2 is 1.92 bits per heavy atom. The normalized spacial score (nSPS) is 25.0. The lowest BCUT2D eigenvalue weighted by Crippen LogP contribution is -2.53. The smallest absolute Gasteiger partial charge is 0.152 e. The molecule has 0 unspecified atom stereocenters. The Hall–Kier alpha value is -3.11. The molecule has 3 aromatic rings. The third kappa shape index (κ3) is 4.64.